The summed E-state index contributed by atoms with van der Waals surface area (Å²) in [6, 6.07) is 17.9. The summed E-state index contributed by atoms with van der Waals surface area (Å²) in [5, 5.41) is 19.0. The predicted octanol–water partition coefficient (Wildman–Crippen LogP) is 9.74. The van der Waals surface area contributed by atoms with Crippen molar-refractivity contribution >= 4 is 120 Å². The van der Waals surface area contributed by atoms with E-state index < -0.39 is 0 Å². The molecule has 0 spiro atoms. The molecule has 342 valence electrons. The van der Waals surface area contributed by atoms with Gasteiger partial charge in [0.25, 0.3) is 0 Å². The molecule has 0 saturated heterocycles. The molecule has 65 heavy (non-hydrogen) atoms. The topological polar surface area (TPSA) is 146 Å². The van der Waals surface area contributed by atoms with Gasteiger partial charge in [-0.2, -0.15) is 0 Å². The number of unbranched alkanes of at least 4 members (excludes halogenated alkanes) is 4. The number of benzene rings is 4. The maximum atomic E-state index is 13.7. The summed E-state index contributed by atoms with van der Waals surface area (Å²) in [5.41, 5.74) is 6.16. The Morgan fingerprint density at radius 2 is 1.17 bits per heavy atom. The third kappa shape index (κ3) is 12.2. The number of likely N-dealkylation sites (N-methyl/N-ethyl adjacent to an activating group) is 2. The number of aromatic nitrogens is 4. The first kappa shape index (κ1) is 52.0. The summed E-state index contributed by atoms with van der Waals surface area (Å²) in [6.07, 6.45) is 9.23. The average molecular weight is 1140 g/mol. The number of imidazole rings is 2. The number of hydrogen-bond donors (Lipinski definition) is 3. The van der Waals surface area contributed by atoms with Crippen molar-refractivity contribution in [2.45, 2.75) is 73.1 Å². The number of carbonyl (C=O) groups is 1. The second-order valence-corrected chi connectivity index (χ2v) is 27.4. The zero-order valence-corrected chi connectivity index (χ0v) is 43.6. The van der Waals surface area contributed by atoms with Gasteiger partial charge in [0.2, 0.25) is 0 Å². The zero-order chi connectivity index (χ0) is 45.8. The maximum absolute atomic E-state index is 13.7. The molecule has 13 nitrogen and oxygen atoms in total. The SMILES string of the molecule is CCCCCCCC(=O)Oc1ccc2c(c1)c(=O)c1c(NCCN(CC)CC)ccc3ncn2c31.CCN(CC)CCNc1ccc2ncn3c4ccc(O)cc4c(=O)c1c23.[B].[I][V][I]. The van der Waals surface area contributed by atoms with E-state index in [-0.39, 0.29) is 31.0 Å². The molecule has 0 aliphatic carbocycles. The third-order valence-corrected chi connectivity index (χ3v) is 11.8. The molecule has 4 heterocycles. The molecule has 0 atom stereocenters. The van der Waals surface area contributed by atoms with Crippen molar-refractivity contribution in [3.8, 4) is 11.5 Å². The molecule has 8 rings (SSSR count). The summed E-state index contributed by atoms with van der Waals surface area (Å²) in [5.74, 6) is 0.236. The Morgan fingerprint density at radius 1 is 0.692 bits per heavy atom. The standard InChI is InChI=1S/C28H36N4O3.C20H22N4O2.B.2HI.V/c1-4-7-8-9-10-11-25(33)35-20-12-15-24-21(18-20)28(34)26-22(29-16-17-31(5-2)6-3)13-14-23-27(26)32(24)19-30-23;1-3-23(4-2)10-9-21-15-6-7-16-19-18(15)20(26)14-11-13(25)5-8-17(14)24(19)12-22-16;;;;/h12-15,18-19,29H,4-11,16-17H2,1-3H3;5-8,11-12,21,25H,3-4,9-10H2,1-2H3;;2*1H;/q;;;;;+2/p-2. The normalized spacial score (nSPS) is 11.3. The number of rotatable bonds is 19. The van der Waals surface area contributed by atoms with E-state index in [1.54, 1.807) is 36.9 Å². The molecule has 17 heteroatoms. The molecule has 8 aromatic rings. The van der Waals surface area contributed by atoms with Gasteiger partial charge in [-0.1, -0.05) is 60.3 Å². The van der Waals surface area contributed by atoms with Crippen LogP contribution in [-0.4, -0.2) is 100 Å². The number of nitrogens with one attached hydrogen (secondary N) is 2. The van der Waals surface area contributed by atoms with Gasteiger partial charge in [-0.3, -0.25) is 23.2 Å². The van der Waals surface area contributed by atoms with Gasteiger partial charge in [0.1, 0.15) is 24.2 Å². The van der Waals surface area contributed by atoms with Crippen LogP contribution in [-0.2, 0) is 14.3 Å². The number of halogens is 2. The number of phenols is 1. The summed E-state index contributed by atoms with van der Waals surface area (Å²) in [6.45, 7) is 18.0. The van der Waals surface area contributed by atoms with Crippen molar-refractivity contribution in [1.82, 2.24) is 28.6 Å². The number of ether oxygens (including phenoxy) is 1. The second kappa shape index (κ2) is 25.3. The minimum atomic E-state index is -0.256. The van der Waals surface area contributed by atoms with Crippen LogP contribution in [0.15, 0.2) is 82.9 Å². The number of hydrogen-bond acceptors (Lipinski definition) is 11. The van der Waals surface area contributed by atoms with E-state index in [9.17, 15) is 19.5 Å². The van der Waals surface area contributed by atoms with E-state index in [1.165, 1.54) is 18.9 Å². The van der Waals surface area contributed by atoms with Crippen LogP contribution in [0.1, 0.15) is 73.1 Å². The van der Waals surface area contributed by atoms with Crippen molar-refractivity contribution in [3.05, 3.63) is 93.8 Å². The first-order valence-corrected chi connectivity index (χ1v) is 31.3. The predicted molar refractivity (Wildman–Crippen MR) is 282 cm³/mol. The van der Waals surface area contributed by atoms with Crippen LogP contribution >= 0.6 is 40.0 Å². The first-order valence-electron chi connectivity index (χ1n) is 22.2. The number of aromatic hydroxyl groups is 1. The Bertz CT molecular complexity index is 2910. The minimum absolute atomic E-state index is 0. The number of phenolic OH excluding ortho intramolecular Hbond substituents is 1. The molecule has 0 aliphatic rings. The van der Waals surface area contributed by atoms with Crippen LogP contribution in [0.2, 0.25) is 0 Å². The molecular formula is C48H58BI2N8O5V. The van der Waals surface area contributed by atoms with Crippen LogP contribution in [0.5, 0.6) is 11.5 Å². The van der Waals surface area contributed by atoms with E-state index in [4.69, 9.17) is 4.74 Å². The van der Waals surface area contributed by atoms with Crippen molar-refractivity contribution in [2.24, 2.45) is 0 Å². The molecular weight excluding hydrogens is 1080 g/mol. The van der Waals surface area contributed by atoms with Gasteiger partial charge < -0.3 is 30.3 Å². The van der Waals surface area contributed by atoms with E-state index >= 15 is 0 Å². The van der Waals surface area contributed by atoms with Crippen LogP contribution in [0.3, 0.4) is 0 Å². The van der Waals surface area contributed by atoms with Crippen molar-refractivity contribution in [3.63, 3.8) is 0 Å². The summed E-state index contributed by atoms with van der Waals surface area (Å²) in [4.78, 5) is 52.8. The van der Waals surface area contributed by atoms with Crippen molar-refractivity contribution in [1.29, 1.82) is 0 Å². The Morgan fingerprint density at radius 3 is 1.66 bits per heavy atom. The fraction of sp³-hybridized carbons (Fsp3) is 0.396. The molecule has 0 unspecified atom stereocenters. The number of anilines is 2. The number of carbonyl (C=O) groups excluding carboxylic acids is 1. The van der Waals surface area contributed by atoms with Gasteiger partial charge in [0.15, 0.2) is 10.9 Å². The number of fused-ring (bicyclic) bond motifs is 4. The van der Waals surface area contributed by atoms with Crippen molar-refractivity contribution < 1.29 is 24.1 Å². The molecule has 0 fully saturated rings. The van der Waals surface area contributed by atoms with E-state index in [0.29, 0.717) is 43.2 Å². The molecule has 3 N–H and O–H groups in total. The zero-order valence-electron chi connectivity index (χ0n) is 37.9. The molecule has 4 aromatic heterocycles. The third-order valence-electron chi connectivity index (χ3n) is 11.8. The molecule has 3 radical (unpaired) electrons. The Balaban J connectivity index is 0.000000235. The second-order valence-electron chi connectivity index (χ2n) is 15.6. The molecule has 0 saturated carbocycles. The summed E-state index contributed by atoms with van der Waals surface area (Å²) in [7, 11) is 0.628. The van der Waals surface area contributed by atoms with Crippen LogP contribution in [0.25, 0.3) is 54.6 Å². The van der Waals surface area contributed by atoms with Gasteiger partial charge in [-0.25, -0.2) is 9.97 Å². The van der Waals surface area contributed by atoms with Gasteiger partial charge in [-0.05, 0) is 93.3 Å². The molecule has 0 bridgehead atoms. The number of pyridine rings is 2. The van der Waals surface area contributed by atoms with E-state index in [2.05, 4.69) is 105 Å². The molecule has 0 aliphatic heterocycles. The van der Waals surface area contributed by atoms with E-state index in [0.717, 1.165) is 116 Å². The Kier molecular flexibility index (Phi) is 20.2. The quantitative estimate of drug-likeness (QED) is 0.0178. The average Bonchev–Trinajstić information content (AvgIpc) is 3.94. The van der Waals surface area contributed by atoms with E-state index in [1.807, 2.05) is 39.1 Å². The van der Waals surface area contributed by atoms with Gasteiger partial charge in [0.05, 0.1) is 54.6 Å². The fourth-order valence-electron chi connectivity index (χ4n) is 8.32. The van der Waals surface area contributed by atoms with Crippen LogP contribution in [0, 0.1) is 0 Å². The monoisotopic (exact) mass is 1140 g/mol. The Labute approximate surface area is 411 Å². The van der Waals surface area contributed by atoms with Gasteiger partial charge >= 0.3 is 55.4 Å². The van der Waals surface area contributed by atoms with Crippen LogP contribution in [0.4, 0.5) is 11.4 Å². The molecule has 0 amide bonds. The fourth-order valence-corrected chi connectivity index (χ4v) is 8.32. The van der Waals surface area contributed by atoms with Gasteiger partial charge in [0, 0.05) is 52.4 Å². The summed E-state index contributed by atoms with van der Waals surface area (Å²) < 4.78 is 9.47. The number of esters is 1. The van der Waals surface area contributed by atoms with Crippen molar-refractivity contribution in [2.75, 3.05) is 63.0 Å². The number of nitrogens with zero attached hydrogens (tertiary/aromatic N) is 6. The van der Waals surface area contributed by atoms with Gasteiger partial charge in [-0.15, -0.1) is 0 Å². The first-order chi connectivity index (χ1) is 31.1. The Hall–Kier alpha value is -3.94. The molecule has 4 aromatic carbocycles. The summed E-state index contributed by atoms with van der Waals surface area (Å²) >= 11 is 4.74. The van der Waals surface area contributed by atoms with Crippen LogP contribution < -0.4 is 26.2 Å².